The molecule has 144 valence electrons. The van der Waals surface area contributed by atoms with Gasteiger partial charge >= 0.3 is 0 Å². The third-order valence-corrected chi connectivity index (χ3v) is 6.16. The lowest BCUT2D eigenvalue weighted by molar-refractivity contribution is -0.124. The Morgan fingerprint density at radius 3 is 2.31 bits per heavy atom. The van der Waals surface area contributed by atoms with Crippen molar-refractivity contribution in [3.05, 3.63) is 72.3 Å². The number of carbonyl (C=O) groups excluding carboxylic acids is 2. The molecule has 6 heteroatoms. The minimum absolute atomic E-state index is 0.0496. The Balaban J connectivity index is 1.54. The number of aryl methyl sites for hydroxylation is 1. The van der Waals surface area contributed by atoms with Gasteiger partial charge in [0.15, 0.2) is 6.61 Å². The van der Waals surface area contributed by atoms with Crippen LogP contribution >= 0.6 is 11.8 Å². The van der Waals surface area contributed by atoms with Gasteiger partial charge in [0.25, 0.3) is 11.8 Å². The van der Waals surface area contributed by atoms with E-state index < -0.39 is 0 Å². The number of benzene rings is 3. The van der Waals surface area contributed by atoms with Crippen LogP contribution in [-0.4, -0.2) is 25.0 Å². The number of hydrogen-bond acceptors (Lipinski definition) is 4. The summed E-state index contributed by atoms with van der Waals surface area (Å²) in [6.07, 6.45) is 0. The van der Waals surface area contributed by atoms with E-state index in [1.165, 1.54) is 4.90 Å². The number of rotatable bonds is 2. The van der Waals surface area contributed by atoms with Gasteiger partial charge in [-0.25, -0.2) is 0 Å². The first-order chi connectivity index (χ1) is 14.1. The van der Waals surface area contributed by atoms with Gasteiger partial charge in [-0.1, -0.05) is 42.1 Å². The standard InChI is InChI=1S/C23H18N2O3S/c1-15-10-11-19-18(12-15)24(23(27)14-28-19)13-22(26)25-16-6-2-4-8-20(16)29-21-9-5-3-7-17(21)25/h2-12H,13-14H2,1H3. The summed E-state index contributed by atoms with van der Waals surface area (Å²) in [5, 5.41) is 0. The summed E-state index contributed by atoms with van der Waals surface area (Å²) in [6, 6.07) is 21.3. The van der Waals surface area contributed by atoms with E-state index in [9.17, 15) is 9.59 Å². The number of amides is 2. The van der Waals surface area contributed by atoms with Crippen LogP contribution in [0.3, 0.4) is 0 Å². The van der Waals surface area contributed by atoms with E-state index >= 15 is 0 Å². The lowest BCUT2D eigenvalue weighted by atomic mass is 10.1. The Bertz CT molecular complexity index is 1100. The maximum absolute atomic E-state index is 13.5. The van der Waals surface area contributed by atoms with Crippen LogP contribution in [0.5, 0.6) is 5.75 Å². The van der Waals surface area contributed by atoms with Crippen LogP contribution in [-0.2, 0) is 9.59 Å². The second kappa shape index (κ2) is 6.97. The predicted octanol–water partition coefficient (Wildman–Crippen LogP) is 4.55. The second-order valence-electron chi connectivity index (χ2n) is 7.01. The molecule has 3 aromatic carbocycles. The van der Waals surface area contributed by atoms with E-state index in [0.717, 1.165) is 26.7 Å². The number of para-hydroxylation sites is 2. The number of fused-ring (bicyclic) bond motifs is 3. The zero-order valence-corrected chi connectivity index (χ0v) is 16.6. The van der Waals surface area contributed by atoms with E-state index in [1.54, 1.807) is 16.7 Å². The maximum Gasteiger partial charge on any atom is 0.265 e. The van der Waals surface area contributed by atoms with E-state index in [2.05, 4.69) is 0 Å². The Kier molecular flexibility index (Phi) is 4.28. The first-order valence-corrected chi connectivity index (χ1v) is 10.2. The fourth-order valence-electron chi connectivity index (χ4n) is 3.66. The molecule has 0 N–H and O–H groups in total. The van der Waals surface area contributed by atoms with Gasteiger partial charge < -0.3 is 4.74 Å². The molecule has 2 amide bonds. The number of ether oxygens (including phenoxy) is 1. The Labute approximate surface area is 172 Å². The fraction of sp³-hybridized carbons (Fsp3) is 0.130. The highest BCUT2D eigenvalue weighted by Crippen LogP contribution is 2.48. The fourth-order valence-corrected chi connectivity index (χ4v) is 4.72. The summed E-state index contributed by atoms with van der Waals surface area (Å²) in [7, 11) is 0. The van der Waals surface area contributed by atoms with Crippen LogP contribution in [0.2, 0.25) is 0 Å². The minimum atomic E-state index is -0.218. The molecule has 0 unspecified atom stereocenters. The van der Waals surface area contributed by atoms with Gasteiger partial charge in [0.05, 0.1) is 17.1 Å². The molecule has 0 fully saturated rings. The normalized spacial score (nSPS) is 14.6. The van der Waals surface area contributed by atoms with Crippen LogP contribution in [0.15, 0.2) is 76.5 Å². The molecule has 0 saturated heterocycles. The Morgan fingerprint density at radius 1 is 0.966 bits per heavy atom. The van der Waals surface area contributed by atoms with Gasteiger partial charge in [0, 0.05) is 9.79 Å². The first kappa shape index (κ1) is 17.8. The van der Waals surface area contributed by atoms with Crippen molar-refractivity contribution in [2.75, 3.05) is 23.0 Å². The monoisotopic (exact) mass is 402 g/mol. The molecule has 0 saturated carbocycles. The molecule has 0 radical (unpaired) electrons. The van der Waals surface area contributed by atoms with Crippen LogP contribution in [0.1, 0.15) is 5.56 Å². The molecule has 2 aliphatic rings. The van der Waals surface area contributed by atoms with Crippen molar-refractivity contribution in [1.29, 1.82) is 0 Å². The summed E-state index contributed by atoms with van der Waals surface area (Å²) in [4.78, 5) is 31.4. The van der Waals surface area contributed by atoms with Crippen molar-refractivity contribution in [2.45, 2.75) is 16.7 Å². The van der Waals surface area contributed by atoms with E-state index in [4.69, 9.17) is 4.74 Å². The van der Waals surface area contributed by atoms with E-state index in [0.29, 0.717) is 11.4 Å². The van der Waals surface area contributed by atoms with Crippen LogP contribution in [0.4, 0.5) is 17.1 Å². The van der Waals surface area contributed by atoms with Gasteiger partial charge in [-0.2, -0.15) is 0 Å². The molecular weight excluding hydrogens is 384 g/mol. The highest BCUT2D eigenvalue weighted by atomic mass is 32.2. The second-order valence-corrected chi connectivity index (χ2v) is 8.09. The quantitative estimate of drug-likeness (QED) is 0.631. The van der Waals surface area contributed by atoms with Crippen molar-refractivity contribution < 1.29 is 14.3 Å². The predicted molar refractivity (Wildman–Crippen MR) is 113 cm³/mol. The van der Waals surface area contributed by atoms with Crippen molar-refractivity contribution in [3.8, 4) is 5.75 Å². The summed E-state index contributed by atoms with van der Waals surface area (Å²) >= 11 is 1.65. The van der Waals surface area contributed by atoms with Gasteiger partial charge in [0.2, 0.25) is 0 Å². The SMILES string of the molecule is Cc1ccc2c(c1)N(CC(=O)N1c3ccccc3Sc3ccccc31)C(=O)CO2. The molecule has 3 aromatic rings. The number of hydrogen-bond donors (Lipinski definition) is 0. The summed E-state index contributed by atoms with van der Waals surface area (Å²) < 4.78 is 5.54. The molecule has 2 heterocycles. The van der Waals surface area contributed by atoms with Gasteiger partial charge in [0.1, 0.15) is 12.3 Å². The molecular formula is C23H18N2O3S. The van der Waals surface area contributed by atoms with E-state index in [1.807, 2.05) is 73.7 Å². The molecule has 5 nitrogen and oxygen atoms in total. The Morgan fingerprint density at radius 2 is 1.62 bits per heavy atom. The summed E-state index contributed by atoms with van der Waals surface area (Å²) in [6.45, 7) is 1.84. The molecule has 2 aliphatic heterocycles. The van der Waals surface area contributed by atoms with Crippen LogP contribution < -0.4 is 14.5 Å². The number of nitrogens with zero attached hydrogens (tertiary/aromatic N) is 2. The molecule has 0 bridgehead atoms. The van der Waals surface area contributed by atoms with Gasteiger partial charge in [-0.05, 0) is 48.9 Å². The minimum Gasteiger partial charge on any atom is -0.482 e. The molecule has 0 spiro atoms. The smallest absolute Gasteiger partial charge is 0.265 e. The largest absolute Gasteiger partial charge is 0.482 e. The molecule has 5 rings (SSSR count). The van der Waals surface area contributed by atoms with Crippen molar-refractivity contribution in [1.82, 2.24) is 0 Å². The third-order valence-electron chi connectivity index (χ3n) is 5.03. The highest BCUT2D eigenvalue weighted by Gasteiger charge is 2.33. The average molecular weight is 402 g/mol. The molecule has 0 aromatic heterocycles. The number of anilines is 3. The maximum atomic E-state index is 13.5. The lowest BCUT2D eigenvalue weighted by Gasteiger charge is -2.34. The zero-order valence-electron chi connectivity index (χ0n) is 15.8. The van der Waals surface area contributed by atoms with Crippen molar-refractivity contribution in [3.63, 3.8) is 0 Å². The van der Waals surface area contributed by atoms with Gasteiger partial charge in [-0.3, -0.25) is 19.4 Å². The average Bonchev–Trinajstić information content (AvgIpc) is 2.74. The van der Waals surface area contributed by atoms with Crippen molar-refractivity contribution in [2.24, 2.45) is 0 Å². The molecule has 0 aliphatic carbocycles. The topological polar surface area (TPSA) is 49.9 Å². The van der Waals surface area contributed by atoms with Crippen molar-refractivity contribution >= 4 is 40.6 Å². The third kappa shape index (κ3) is 3.06. The first-order valence-electron chi connectivity index (χ1n) is 9.34. The zero-order chi connectivity index (χ0) is 20.0. The van der Waals surface area contributed by atoms with Crippen LogP contribution in [0.25, 0.3) is 0 Å². The molecule has 0 atom stereocenters. The van der Waals surface area contributed by atoms with Crippen LogP contribution in [0, 0.1) is 6.92 Å². The van der Waals surface area contributed by atoms with Gasteiger partial charge in [-0.15, -0.1) is 0 Å². The number of carbonyl (C=O) groups is 2. The molecule has 29 heavy (non-hydrogen) atoms. The van der Waals surface area contributed by atoms with E-state index in [-0.39, 0.29) is 25.0 Å². The Hall–Kier alpha value is -3.25. The summed E-state index contributed by atoms with van der Waals surface area (Å²) in [5.74, 6) is 0.246. The highest BCUT2D eigenvalue weighted by molar-refractivity contribution is 7.99. The summed E-state index contributed by atoms with van der Waals surface area (Å²) in [5.41, 5.74) is 3.32. The lowest BCUT2D eigenvalue weighted by Crippen LogP contribution is -2.46.